The van der Waals surface area contributed by atoms with Crippen LogP contribution in [-0.2, 0) is 17.8 Å². The van der Waals surface area contributed by atoms with E-state index < -0.39 is 0 Å². The van der Waals surface area contributed by atoms with Crippen LogP contribution >= 0.6 is 24.0 Å². The summed E-state index contributed by atoms with van der Waals surface area (Å²) in [4.78, 5) is 9.73. The summed E-state index contributed by atoms with van der Waals surface area (Å²) in [5.74, 6) is 1.05. The molecular weight excluding hydrogens is 451 g/mol. The number of rotatable bonds is 5. The molecule has 152 valence electrons. The second-order valence-corrected chi connectivity index (χ2v) is 8.21. The third-order valence-electron chi connectivity index (χ3n) is 5.26. The second-order valence-electron chi connectivity index (χ2n) is 8.21. The van der Waals surface area contributed by atoms with Crippen molar-refractivity contribution in [2.45, 2.75) is 40.3 Å². The molecule has 0 radical (unpaired) electrons. The fourth-order valence-corrected chi connectivity index (χ4v) is 3.65. The van der Waals surface area contributed by atoms with Gasteiger partial charge in [0.2, 0.25) is 0 Å². The number of nitrogens with one attached hydrogen (secondary N) is 1. The summed E-state index contributed by atoms with van der Waals surface area (Å²) in [6, 6.07) is 8.92. The van der Waals surface area contributed by atoms with Crippen LogP contribution in [0.1, 0.15) is 38.3 Å². The molecule has 0 atom stereocenters. The predicted octanol–water partition coefficient (Wildman–Crippen LogP) is 3.33. The van der Waals surface area contributed by atoms with E-state index in [2.05, 4.69) is 60.2 Å². The largest absolute Gasteiger partial charge is 0.379 e. The van der Waals surface area contributed by atoms with E-state index in [0.29, 0.717) is 5.41 Å². The first kappa shape index (κ1) is 22.4. The van der Waals surface area contributed by atoms with Crippen molar-refractivity contribution in [1.82, 2.24) is 15.1 Å². The molecule has 5 nitrogen and oxygen atoms in total. The Bertz CT molecular complexity index is 597. The molecule has 27 heavy (non-hydrogen) atoms. The third kappa shape index (κ3) is 6.91. The van der Waals surface area contributed by atoms with E-state index in [1.54, 1.807) is 0 Å². The van der Waals surface area contributed by atoms with Gasteiger partial charge in [-0.05, 0) is 29.9 Å². The van der Waals surface area contributed by atoms with Crippen LogP contribution in [-0.4, -0.2) is 61.7 Å². The van der Waals surface area contributed by atoms with Crippen molar-refractivity contribution in [3.05, 3.63) is 35.4 Å². The third-order valence-corrected chi connectivity index (χ3v) is 5.26. The van der Waals surface area contributed by atoms with Crippen molar-refractivity contribution in [3.63, 3.8) is 0 Å². The number of likely N-dealkylation sites (tertiary alicyclic amines) is 1. The lowest BCUT2D eigenvalue weighted by molar-refractivity contribution is 0.0342. The summed E-state index contributed by atoms with van der Waals surface area (Å²) in [6.45, 7) is 15.4. The molecule has 0 saturated carbocycles. The Labute approximate surface area is 181 Å². The predicted molar refractivity (Wildman–Crippen MR) is 123 cm³/mol. The van der Waals surface area contributed by atoms with Gasteiger partial charge in [0.25, 0.3) is 0 Å². The van der Waals surface area contributed by atoms with E-state index >= 15 is 0 Å². The van der Waals surface area contributed by atoms with Crippen LogP contribution in [0.15, 0.2) is 29.3 Å². The standard InChI is InChI=1S/C21H34N4O.HI/c1-4-22-20(25-10-9-21(2,3)17-25)23-15-18-5-7-19(8-6-18)16-24-11-13-26-14-12-24;/h5-8H,4,9-17H2,1-3H3,(H,22,23);1H. The quantitative estimate of drug-likeness (QED) is 0.394. The summed E-state index contributed by atoms with van der Waals surface area (Å²) in [7, 11) is 0. The summed E-state index contributed by atoms with van der Waals surface area (Å²) in [5.41, 5.74) is 3.02. The van der Waals surface area contributed by atoms with Crippen LogP contribution in [0.5, 0.6) is 0 Å². The average molecular weight is 486 g/mol. The first-order valence-corrected chi connectivity index (χ1v) is 9.97. The van der Waals surface area contributed by atoms with Crippen molar-refractivity contribution in [2.24, 2.45) is 10.4 Å². The SMILES string of the molecule is CCNC(=NCc1ccc(CN2CCOCC2)cc1)N1CCC(C)(C)C1.I. The van der Waals surface area contributed by atoms with Gasteiger partial charge >= 0.3 is 0 Å². The number of ether oxygens (including phenoxy) is 1. The van der Waals surface area contributed by atoms with E-state index in [4.69, 9.17) is 9.73 Å². The lowest BCUT2D eigenvalue weighted by Crippen LogP contribution is -2.40. The number of hydrogen-bond acceptors (Lipinski definition) is 3. The van der Waals surface area contributed by atoms with Crippen molar-refractivity contribution in [2.75, 3.05) is 45.9 Å². The smallest absolute Gasteiger partial charge is 0.194 e. The zero-order valence-corrected chi connectivity index (χ0v) is 19.4. The Morgan fingerprint density at radius 3 is 2.37 bits per heavy atom. The minimum Gasteiger partial charge on any atom is -0.379 e. The summed E-state index contributed by atoms with van der Waals surface area (Å²) in [5, 5.41) is 3.46. The molecule has 2 heterocycles. The van der Waals surface area contributed by atoms with Gasteiger partial charge in [0.15, 0.2) is 5.96 Å². The Hall–Kier alpha value is -0.860. The van der Waals surface area contributed by atoms with Crippen LogP contribution in [0.3, 0.4) is 0 Å². The van der Waals surface area contributed by atoms with E-state index in [0.717, 1.165) is 65.0 Å². The maximum Gasteiger partial charge on any atom is 0.194 e. The van der Waals surface area contributed by atoms with Gasteiger partial charge in [-0.3, -0.25) is 4.90 Å². The number of morpholine rings is 1. The Kier molecular flexibility index (Phi) is 8.82. The fraction of sp³-hybridized carbons (Fsp3) is 0.667. The van der Waals surface area contributed by atoms with Crippen LogP contribution in [0.4, 0.5) is 0 Å². The van der Waals surface area contributed by atoms with Crippen LogP contribution in [0, 0.1) is 5.41 Å². The number of guanidine groups is 1. The van der Waals surface area contributed by atoms with Crippen molar-refractivity contribution >= 4 is 29.9 Å². The molecular formula is C21H35IN4O. The molecule has 1 aromatic carbocycles. The van der Waals surface area contributed by atoms with Crippen LogP contribution < -0.4 is 5.32 Å². The van der Waals surface area contributed by atoms with Crippen molar-refractivity contribution in [1.29, 1.82) is 0 Å². The number of hydrogen-bond donors (Lipinski definition) is 1. The van der Waals surface area contributed by atoms with E-state index in [1.165, 1.54) is 17.5 Å². The van der Waals surface area contributed by atoms with Crippen LogP contribution in [0.25, 0.3) is 0 Å². The Morgan fingerprint density at radius 2 is 1.78 bits per heavy atom. The van der Waals surface area contributed by atoms with Crippen molar-refractivity contribution < 1.29 is 4.74 Å². The molecule has 6 heteroatoms. The first-order chi connectivity index (χ1) is 12.6. The molecule has 1 aromatic rings. The topological polar surface area (TPSA) is 40.1 Å². The minimum absolute atomic E-state index is 0. The highest BCUT2D eigenvalue weighted by atomic mass is 127. The number of benzene rings is 1. The number of nitrogens with zero attached hydrogens (tertiary/aromatic N) is 3. The molecule has 0 spiro atoms. The van der Waals surface area contributed by atoms with Gasteiger partial charge in [-0.1, -0.05) is 38.1 Å². The highest BCUT2D eigenvalue weighted by molar-refractivity contribution is 14.0. The maximum absolute atomic E-state index is 5.42. The molecule has 2 saturated heterocycles. The molecule has 0 unspecified atom stereocenters. The van der Waals surface area contributed by atoms with Gasteiger partial charge in [0, 0.05) is 39.3 Å². The minimum atomic E-state index is 0. The first-order valence-electron chi connectivity index (χ1n) is 9.97. The van der Waals surface area contributed by atoms with E-state index in [-0.39, 0.29) is 24.0 Å². The molecule has 3 rings (SSSR count). The molecule has 2 aliphatic heterocycles. The molecule has 1 N–H and O–H groups in total. The molecule has 0 aromatic heterocycles. The van der Waals surface area contributed by atoms with Crippen molar-refractivity contribution in [3.8, 4) is 0 Å². The molecule has 2 fully saturated rings. The number of halogens is 1. The Morgan fingerprint density at radius 1 is 1.11 bits per heavy atom. The van der Waals surface area contributed by atoms with Gasteiger partial charge in [0.05, 0.1) is 19.8 Å². The van der Waals surface area contributed by atoms with Crippen LogP contribution in [0.2, 0.25) is 0 Å². The molecule has 2 aliphatic rings. The monoisotopic (exact) mass is 486 g/mol. The number of aliphatic imine (C=N–C) groups is 1. The highest BCUT2D eigenvalue weighted by Crippen LogP contribution is 2.28. The lowest BCUT2D eigenvalue weighted by Gasteiger charge is -2.26. The van der Waals surface area contributed by atoms with Gasteiger partial charge in [-0.15, -0.1) is 24.0 Å². The fourth-order valence-electron chi connectivity index (χ4n) is 3.65. The summed E-state index contributed by atoms with van der Waals surface area (Å²) >= 11 is 0. The molecule has 0 bridgehead atoms. The zero-order chi connectivity index (χ0) is 18.4. The Balaban J connectivity index is 0.00000261. The van der Waals surface area contributed by atoms with Gasteiger partial charge in [-0.25, -0.2) is 4.99 Å². The van der Waals surface area contributed by atoms with Gasteiger partial charge < -0.3 is 15.0 Å². The molecule has 0 amide bonds. The van der Waals surface area contributed by atoms with Gasteiger partial charge in [0.1, 0.15) is 0 Å². The second kappa shape index (κ2) is 10.6. The lowest BCUT2D eigenvalue weighted by atomic mass is 9.93. The maximum atomic E-state index is 5.42. The van der Waals surface area contributed by atoms with E-state index in [1.807, 2.05) is 0 Å². The molecule has 0 aliphatic carbocycles. The van der Waals surface area contributed by atoms with E-state index in [9.17, 15) is 0 Å². The van der Waals surface area contributed by atoms with Gasteiger partial charge in [-0.2, -0.15) is 0 Å². The zero-order valence-electron chi connectivity index (χ0n) is 17.0. The summed E-state index contributed by atoms with van der Waals surface area (Å²) in [6.07, 6.45) is 1.23. The average Bonchev–Trinajstić information content (AvgIpc) is 3.00. The normalized spacial score (nSPS) is 20.4. The highest BCUT2D eigenvalue weighted by Gasteiger charge is 2.30. The summed E-state index contributed by atoms with van der Waals surface area (Å²) < 4.78 is 5.42.